The summed E-state index contributed by atoms with van der Waals surface area (Å²) in [5, 5.41) is 4.48. The van der Waals surface area contributed by atoms with Gasteiger partial charge in [0.25, 0.3) is 0 Å². The maximum atomic E-state index is 6.22. The lowest BCUT2D eigenvalue weighted by molar-refractivity contribution is 0.290. The molecule has 2 aromatic rings. The average molecular weight is 276 g/mol. The van der Waals surface area contributed by atoms with Crippen molar-refractivity contribution in [1.82, 2.24) is 5.32 Å². The van der Waals surface area contributed by atoms with Crippen molar-refractivity contribution in [2.75, 3.05) is 6.54 Å². The number of benzene rings is 1. The Morgan fingerprint density at radius 2 is 2.00 bits per heavy atom. The molecular formula is C16H18ClNO. The van der Waals surface area contributed by atoms with Crippen LogP contribution < -0.4 is 5.32 Å². The van der Waals surface area contributed by atoms with Crippen LogP contribution in [0.1, 0.15) is 30.1 Å². The molecule has 2 nitrogen and oxygen atoms in total. The molecule has 0 bridgehead atoms. The SMILES string of the molecule is Clc1ccccc1C1CC(NCCc2ccco2)C1. The molecule has 19 heavy (non-hydrogen) atoms. The summed E-state index contributed by atoms with van der Waals surface area (Å²) in [4.78, 5) is 0. The van der Waals surface area contributed by atoms with E-state index < -0.39 is 0 Å². The zero-order valence-electron chi connectivity index (χ0n) is 10.8. The Bertz CT molecular complexity index is 517. The third-order valence-electron chi connectivity index (χ3n) is 3.87. The largest absolute Gasteiger partial charge is 0.469 e. The monoisotopic (exact) mass is 275 g/mol. The normalized spacial score (nSPS) is 22.2. The summed E-state index contributed by atoms with van der Waals surface area (Å²) in [6, 6.07) is 12.8. The third kappa shape index (κ3) is 3.02. The molecule has 3 heteroatoms. The zero-order chi connectivity index (χ0) is 13.1. The van der Waals surface area contributed by atoms with E-state index in [1.165, 1.54) is 18.4 Å². The molecule has 0 spiro atoms. The highest BCUT2D eigenvalue weighted by atomic mass is 35.5. The number of nitrogens with one attached hydrogen (secondary N) is 1. The van der Waals surface area contributed by atoms with Gasteiger partial charge in [0.2, 0.25) is 0 Å². The van der Waals surface area contributed by atoms with E-state index in [0.29, 0.717) is 12.0 Å². The minimum Gasteiger partial charge on any atom is -0.469 e. The van der Waals surface area contributed by atoms with Gasteiger partial charge in [0.05, 0.1) is 6.26 Å². The Kier molecular flexibility index (Phi) is 3.90. The van der Waals surface area contributed by atoms with Gasteiger partial charge in [0.1, 0.15) is 5.76 Å². The first-order valence-electron chi connectivity index (χ1n) is 6.83. The molecule has 1 aromatic carbocycles. The van der Waals surface area contributed by atoms with Crippen LogP contribution in [0.2, 0.25) is 5.02 Å². The fourth-order valence-corrected chi connectivity index (χ4v) is 2.99. The standard InChI is InChI=1S/C16H18ClNO/c17-16-6-2-1-5-15(16)12-10-13(11-12)18-8-7-14-4-3-9-19-14/h1-6,9,12-13,18H,7-8,10-11H2. The summed E-state index contributed by atoms with van der Waals surface area (Å²) < 4.78 is 5.32. The van der Waals surface area contributed by atoms with Crippen LogP contribution in [-0.4, -0.2) is 12.6 Å². The van der Waals surface area contributed by atoms with Crippen molar-refractivity contribution in [2.24, 2.45) is 0 Å². The molecule has 1 aromatic heterocycles. The van der Waals surface area contributed by atoms with Gasteiger partial charge < -0.3 is 9.73 Å². The van der Waals surface area contributed by atoms with Gasteiger partial charge in [0.15, 0.2) is 0 Å². The number of furan rings is 1. The maximum Gasteiger partial charge on any atom is 0.105 e. The Hall–Kier alpha value is -1.25. The molecule has 0 amide bonds. The van der Waals surface area contributed by atoms with Crippen molar-refractivity contribution in [3.63, 3.8) is 0 Å². The second-order valence-corrected chi connectivity index (χ2v) is 5.58. The van der Waals surface area contributed by atoms with Crippen LogP contribution in [0.15, 0.2) is 47.1 Å². The summed E-state index contributed by atoms with van der Waals surface area (Å²) in [5.41, 5.74) is 1.30. The summed E-state index contributed by atoms with van der Waals surface area (Å²) >= 11 is 6.22. The molecule has 0 unspecified atom stereocenters. The van der Waals surface area contributed by atoms with Crippen molar-refractivity contribution in [2.45, 2.75) is 31.2 Å². The van der Waals surface area contributed by atoms with Gasteiger partial charge in [-0.05, 0) is 42.5 Å². The quantitative estimate of drug-likeness (QED) is 0.892. The van der Waals surface area contributed by atoms with E-state index in [0.717, 1.165) is 23.7 Å². The van der Waals surface area contributed by atoms with Crippen LogP contribution in [-0.2, 0) is 6.42 Å². The van der Waals surface area contributed by atoms with Gasteiger partial charge in [-0.3, -0.25) is 0 Å². The van der Waals surface area contributed by atoms with E-state index in [1.807, 2.05) is 24.3 Å². The third-order valence-corrected chi connectivity index (χ3v) is 4.21. The highest BCUT2D eigenvalue weighted by Gasteiger charge is 2.30. The van der Waals surface area contributed by atoms with Crippen molar-refractivity contribution < 1.29 is 4.42 Å². The van der Waals surface area contributed by atoms with Gasteiger partial charge in [-0.15, -0.1) is 0 Å². The lowest BCUT2D eigenvalue weighted by atomic mass is 9.76. The van der Waals surface area contributed by atoms with E-state index in [-0.39, 0.29) is 0 Å². The zero-order valence-corrected chi connectivity index (χ0v) is 11.6. The van der Waals surface area contributed by atoms with E-state index in [2.05, 4.69) is 17.4 Å². The second-order valence-electron chi connectivity index (χ2n) is 5.17. The predicted molar refractivity (Wildman–Crippen MR) is 77.6 cm³/mol. The molecule has 1 aliphatic rings. The van der Waals surface area contributed by atoms with Crippen LogP contribution in [0.3, 0.4) is 0 Å². The van der Waals surface area contributed by atoms with Gasteiger partial charge in [-0.25, -0.2) is 0 Å². The van der Waals surface area contributed by atoms with Gasteiger partial charge in [-0.1, -0.05) is 29.8 Å². The molecule has 1 N–H and O–H groups in total. The molecule has 1 fully saturated rings. The highest BCUT2D eigenvalue weighted by molar-refractivity contribution is 6.31. The molecule has 0 aliphatic heterocycles. The maximum absolute atomic E-state index is 6.22. The Labute approximate surface area is 118 Å². The summed E-state index contributed by atoms with van der Waals surface area (Å²) in [5.74, 6) is 1.67. The van der Waals surface area contributed by atoms with Gasteiger partial charge in [-0.2, -0.15) is 0 Å². The Morgan fingerprint density at radius 3 is 2.74 bits per heavy atom. The van der Waals surface area contributed by atoms with E-state index in [4.69, 9.17) is 16.0 Å². The van der Waals surface area contributed by atoms with Crippen LogP contribution in [0.4, 0.5) is 0 Å². The highest BCUT2D eigenvalue weighted by Crippen LogP contribution is 2.39. The predicted octanol–water partition coefficient (Wildman–Crippen LogP) is 4.01. The van der Waals surface area contributed by atoms with Crippen LogP contribution >= 0.6 is 11.6 Å². The van der Waals surface area contributed by atoms with Crippen LogP contribution in [0.5, 0.6) is 0 Å². The minimum absolute atomic E-state index is 0.620. The van der Waals surface area contributed by atoms with E-state index in [9.17, 15) is 0 Å². The fourth-order valence-electron chi connectivity index (χ4n) is 2.70. The second kappa shape index (κ2) is 5.81. The first kappa shape index (κ1) is 12.8. The Morgan fingerprint density at radius 1 is 1.16 bits per heavy atom. The average Bonchev–Trinajstić information content (AvgIpc) is 2.87. The summed E-state index contributed by atoms with van der Waals surface area (Å²) in [6.07, 6.45) is 5.05. The van der Waals surface area contributed by atoms with Crippen LogP contribution in [0, 0.1) is 0 Å². The summed E-state index contributed by atoms with van der Waals surface area (Å²) in [6.45, 7) is 0.980. The molecule has 1 saturated carbocycles. The van der Waals surface area contributed by atoms with Crippen molar-refractivity contribution >= 4 is 11.6 Å². The number of halogens is 1. The Balaban J connectivity index is 1.42. The lowest BCUT2D eigenvalue weighted by Crippen LogP contribution is -2.41. The topological polar surface area (TPSA) is 25.2 Å². The first-order valence-corrected chi connectivity index (χ1v) is 7.21. The molecule has 100 valence electrons. The number of hydrogen-bond donors (Lipinski definition) is 1. The molecule has 0 saturated heterocycles. The molecule has 3 rings (SSSR count). The lowest BCUT2D eigenvalue weighted by Gasteiger charge is -2.36. The van der Waals surface area contributed by atoms with Crippen molar-refractivity contribution in [3.05, 3.63) is 59.0 Å². The van der Waals surface area contributed by atoms with Crippen molar-refractivity contribution in [1.29, 1.82) is 0 Å². The van der Waals surface area contributed by atoms with Crippen molar-refractivity contribution in [3.8, 4) is 0 Å². The van der Waals surface area contributed by atoms with E-state index in [1.54, 1.807) is 6.26 Å². The van der Waals surface area contributed by atoms with Gasteiger partial charge >= 0.3 is 0 Å². The molecule has 1 aliphatic carbocycles. The molecule has 0 atom stereocenters. The molecule has 0 radical (unpaired) electrons. The number of hydrogen-bond acceptors (Lipinski definition) is 2. The van der Waals surface area contributed by atoms with Gasteiger partial charge in [0, 0.05) is 24.0 Å². The van der Waals surface area contributed by atoms with E-state index >= 15 is 0 Å². The van der Waals surface area contributed by atoms with Crippen LogP contribution in [0.25, 0.3) is 0 Å². The number of rotatable bonds is 5. The molecule has 1 heterocycles. The fraction of sp³-hybridized carbons (Fsp3) is 0.375. The first-order chi connectivity index (χ1) is 9.33. The smallest absolute Gasteiger partial charge is 0.105 e. The molecular weight excluding hydrogens is 258 g/mol. The minimum atomic E-state index is 0.620. The summed E-state index contributed by atoms with van der Waals surface area (Å²) in [7, 11) is 0.